The second-order valence-corrected chi connectivity index (χ2v) is 7.66. The van der Waals surface area contributed by atoms with Gasteiger partial charge in [-0.25, -0.2) is 4.79 Å². The lowest BCUT2D eigenvalue weighted by Gasteiger charge is -2.31. The van der Waals surface area contributed by atoms with E-state index in [0.29, 0.717) is 12.2 Å². The summed E-state index contributed by atoms with van der Waals surface area (Å²) in [5.74, 6) is -2.14. The Bertz CT molecular complexity index is 640. The van der Waals surface area contributed by atoms with E-state index in [2.05, 4.69) is 26.1 Å². The van der Waals surface area contributed by atoms with E-state index in [-0.39, 0.29) is 11.8 Å². The number of carboxylic acid groups (broad SMARTS) is 1. The van der Waals surface area contributed by atoms with Crippen LogP contribution in [0.15, 0.2) is 30.3 Å². The lowest BCUT2D eigenvalue weighted by Crippen LogP contribution is -2.53. The molecule has 0 aliphatic carbocycles. The zero-order valence-electron chi connectivity index (χ0n) is 16.7. The Morgan fingerprint density at radius 1 is 1.19 bits per heavy atom. The number of carboxylic acids is 1. The molecular weight excluding hydrogens is 348 g/mol. The number of hydrogen-bond acceptors (Lipinski definition) is 5. The number of nitrogens with zero attached hydrogens (tertiary/aromatic N) is 1. The molecule has 0 spiro atoms. The molecule has 0 heterocycles. The van der Waals surface area contributed by atoms with Crippen molar-refractivity contribution in [2.75, 3.05) is 18.6 Å². The van der Waals surface area contributed by atoms with Crippen molar-refractivity contribution >= 4 is 23.5 Å². The Kier molecular flexibility index (Phi) is 8.43. The molecule has 0 aromatic heterocycles. The fourth-order valence-electron chi connectivity index (χ4n) is 2.62. The number of amides is 1. The maximum Gasteiger partial charge on any atom is 0.328 e. The summed E-state index contributed by atoms with van der Waals surface area (Å²) >= 11 is 0. The molecule has 1 aromatic carbocycles. The second kappa shape index (κ2) is 10.1. The third-order valence-corrected chi connectivity index (χ3v) is 4.14. The van der Waals surface area contributed by atoms with Crippen LogP contribution in [-0.2, 0) is 19.1 Å². The molecule has 2 unspecified atom stereocenters. The molecule has 2 atom stereocenters. The minimum Gasteiger partial charge on any atom is -0.481 e. The van der Waals surface area contributed by atoms with E-state index in [0.717, 1.165) is 6.42 Å². The van der Waals surface area contributed by atoms with Crippen molar-refractivity contribution in [3.8, 4) is 0 Å². The summed E-state index contributed by atoms with van der Waals surface area (Å²) in [7, 11) is 1.25. The molecule has 0 fully saturated rings. The minimum atomic E-state index is -1.09. The quantitative estimate of drug-likeness (QED) is 0.641. The van der Waals surface area contributed by atoms with Crippen LogP contribution < -0.4 is 10.2 Å². The molecule has 0 saturated carbocycles. The van der Waals surface area contributed by atoms with Crippen molar-refractivity contribution in [1.29, 1.82) is 0 Å². The topological polar surface area (TPSA) is 95.9 Å². The molecule has 1 rings (SSSR count). The Morgan fingerprint density at radius 2 is 1.78 bits per heavy atom. The zero-order valence-corrected chi connectivity index (χ0v) is 16.7. The van der Waals surface area contributed by atoms with Gasteiger partial charge >= 0.3 is 11.9 Å². The van der Waals surface area contributed by atoms with Gasteiger partial charge < -0.3 is 15.2 Å². The Hall–Kier alpha value is -2.41. The Morgan fingerprint density at radius 3 is 2.26 bits per heavy atom. The molecule has 27 heavy (non-hydrogen) atoms. The molecule has 1 amide bonds. The number of carbonyl (C=O) groups excluding carboxylic acids is 2. The molecule has 7 nitrogen and oxygen atoms in total. The van der Waals surface area contributed by atoms with E-state index in [9.17, 15) is 19.5 Å². The van der Waals surface area contributed by atoms with Crippen LogP contribution >= 0.6 is 0 Å². The number of benzene rings is 1. The second-order valence-electron chi connectivity index (χ2n) is 7.66. The maximum atomic E-state index is 13.2. The Balaban J connectivity index is 3.12. The van der Waals surface area contributed by atoms with Crippen LogP contribution in [0.2, 0.25) is 0 Å². The average Bonchev–Trinajstić information content (AvgIpc) is 2.59. The van der Waals surface area contributed by atoms with Gasteiger partial charge in [-0.3, -0.25) is 14.5 Å². The standard InChI is InChI=1S/C20H30N2O5/c1-14(19(26)27-5)22(15-9-7-6-8-10-15)18(25)16(13-17(23)24)21-12-11-20(2,3)4/h6-10,14,16,21H,11-13H2,1-5H3,(H,23,24). The lowest BCUT2D eigenvalue weighted by atomic mass is 9.92. The molecule has 7 heteroatoms. The molecule has 2 N–H and O–H groups in total. The van der Waals surface area contributed by atoms with E-state index in [1.807, 2.05) is 0 Å². The SMILES string of the molecule is COC(=O)C(C)N(C(=O)C(CC(=O)O)NCCC(C)(C)C)c1ccccc1. The summed E-state index contributed by atoms with van der Waals surface area (Å²) < 4.78 is 4.78. The predicted molar refractivity (Wildman–Crippen MR) is 104 cm³/mol. The van der Waals surface area contributed by atoms with Gasteiger partial charge in [-0.2, -0.15) is 0 Å². The summed E-state index contributed by atoms with van der Waals surface area (Å²) in [6.07, 6.45) is 0.397. The van der Waals surface area contributed by atoms with Crippen molar-refractivity contribution in [1.82, 2.24) is 5.32 Å². The van der Waals surface area contributed by atoms with Crippen LogP contribution in [0.1, 0.15) is 40.5 Å². The highest BCUT2D eigenvalue weighted by Gasteiger charge is 2.33. The molecule has 0 saturated heterocycles. The van der Waals surface area contributed by atoms with Crippen molar-refractivity contribution in [2.45, 2.75) is 52.6 Å². The summed E-state index contributed by atoms with van der Waals surface area (Å²) in [5.41, 5.74) is 0.552. The van der Waals surface area contributed by atoms with E-state index in [1.165, 1.54) is 12.0 Å². The molecule has 150 valence electrons. The van der Waals surface area contributed by atoms with Gasteiger partial charge in [-0.05, 0) is 37.4 Å². The van der Waals surface area contributed by atoms with E-state index >= 15 is 0 Å². The monoisotopic (exact) mass is 378 g/mol. The highest BCUT2D eigenvalue weighted by atomic mass is 16.5. The predicted octanol–water partition coefficient (Wildman–Crippen LogP) is 2.45. The molecular formula is C20H30N2O5. The van der Waals surface area contributed by atoms with Crippen LogP contribution in [0.3, 0.4) is 0 Å². The van der Waals surface area contributed by atoms with Gasteiger partial charge in [0.2, 0.25) is 5.91 Å². The number of nitrogens with one attached hydrogen (secondary N) is 1. The minimum absolute atomic E-state index is 0.0439. The first-order valence-electron chi connectivity index (χ1n) is 8.98. The molecule has 0 aliphatic heterocycles. The number of carbonyl (C=O) groups is 3. The van der Waals surface area contributed by atoms with E-state index in [4.69, 9.17) is 4.74 Å². The summed E-state index contributed by atoms with van der Waals surface area (Å²) in [6.45, 7) is 8.25. The lowest BCUT2D eigenvalue weighted by molar-refractivity contribution is -0.143. The molecule has 0 aliphatic rings. The fourth-order valence-corrected chi connectivity index (χ4v) is 2.62. The highest BCUT2D eigenvalue weighted by molar-refractivity contribution is 6.03. The number of hydrogen-bond donors (Lipinski definition) is 2. The van der Waals surface area contributed by atoms with Gasteiger partial charge in [0.1, 0.15) is 6.04 Å². The van der Waals surface area contributed by atoms with Crippen molar-refractivity contribution in [2.24, 2.45) is 5.41 Å². The first-order chi connectivity index (χ1) is 12.6. The van der Waals surface area contributed by atoms with Crippen molar-refractivity contribution < 1.29 is 24.2 Å². The van der Waals surface area contributed by atoms with E-state index < -0.39 is 29.9 Å². The molecule has 0 bridgehead atoms. The van der Waals surface area contributed by atoms with Crippen LogP contribution in [0.5, 0.6) is 0 Å². The summed E-state index contributed by atoms with van der Waals surface area (Å²) in [5, 5.41) is 12.3. The fraction of sp³-hybridized carbons (Fsp3) is 0.550. The van der Waals surface area contributed by atoms with Crippen LogP contribution in [-0.4, -0.2) is 48.7 Å². The first-order valence-corrected chi connectivity index (χ1v) is 8.98. The number of anilines is 1. The summed E-state index contributed by atoms with van der Waals surface area (Å²) in [6, 6.07) is 6.86. The van der Waals surface area contributed by atoms with Crippen molar-refractivity contribution in [3.05, 3.63) is 30.3 Å². The van der Waals surface area contributed by atoms with Gasteiger partial charge in [0, 0.05) is 5.69 Å². The first kappa shape index (κ1) is 22.6. The largest absolute Gasteiger partial charge is 0.481 e. The van der Waals surface area contributed by atoms with E-state index in [1.54, 1.807) is 37.3 Å². The maximum absolute atomic E-state index is 13.2. The smallest absolute Gasteiger partial charge is 0.328 e. The van der Waals surface area contributed by atoms with Gasteiger partial charge in [0.15, 0.2) is 0 Å². The number of aliphatic carboxylic acids is 1. The van der Waals surface area contributed by atoms with Gasteiger partial charge in [0.25, 0.3) is 0 Å². The summed E-state index contributed by atoms with van der Waals surface area (Å²) in [4.78, 5) is 37.8. The molecule has 1 aromatic rings. The number of para-hydroxylation sites is 1. The van der Waals surface area contributed by atoms with Crippen molar-refractivity contribution in [3.63, 3.8) is 0 Å². The molecule has 0 radical (unpaired) electrons. The van der Waals surface area contributed by atoms with Gasteiger partial charge in [0.05, 0.1) is 19.6 Å². The van der Waals surface area contributed by atoms with Crippen LogP contribution in [0.4, 0.5) is 5.69 Å². The number of rotatable bonds is 9. The van der Waals surface area contributed by atoms with Crippen LogP contribution in [0.25, 0.3) is 0 Å². The van der Waals surface area contributed by atoms with Gasteiger partial charge in [-0.15, -0.1) is 0 Å². The third kappa shape index (κ3) is 7.38. The number of ether oxygens (including phenoxy) is 1. The number of methoxy groups -OCH3 is 1. The zero-order chi connectivity index (χ0) is 20.6. The normalized spacial score (nSPS) is 13.5. The van der Waals surface area contributed by atoms with Crippen LogP contribution in [0, 0.1) is 5.41 Å². The highest BCUT2D eigenvalue weighted by Crippen LogP contribution is 2.21. The Labute approximate surface area is 160 Å². The average molecular weight is 378 g/mol. The third-order valence-electron chi connectivity index (χ3n) is 4.14. The number of esters is 1. The van der Waals surface area contributed by atoms with Gasteiger partial charge in [-0.1, -0.05) is 39.0 Å².